The van der Waals surface area contributed by atoms with E-state index in [1.165, 1.54) is 17.0 Å². The van der Waals surface area contributed by atoms with Crippen LogP contribution in [0.2, 0.25) is 0 Å². The second-order valence-electron chi connectivity index (χ2n) is 5.49. The molecule has 0 aromatic heterocycles. The molecule has 0 spiro atoms. The van der Waals surface area contributed by atoms with Crippen molar-refractivity contribution in [2.24, 2.45) is 0 Å². The number of aliphatic hydroxyl groups excluding tert-OH is 1. The molecule has 1 unspecified atom stereocenters. The molecule has 4 nitrogen and oxygen atoms in total. The number of aliphatic hydroxyl groups is 1. The Morgan fingerprint density at radius 1 is 1.60 bits per heavy atom. The fraction of sp³-hybridized carbons (Fsp3) is 0.500. The zero-order valence-corrected chi connectivity index (χ0v) is 13.0. The highest BCUT2D eigenvalue weighted by atomic mass is 79.9. The Balaban J connectivity index is 2.25. The van der Waals surface area contributed by atoms with Gasteiger partial charge in [-0.2, -0.15) is 0 Å². The Morgan fingerprint density at radius 2 is 2.30 bits per heavy atom. The van der Waals surface area contributed by atoms with E-state index in [4.69, 9.17) is 4.74 Å². The van der Waals surface area contributed by atoms with Crippen LogP contribution in [-0.2, 0) is 4.74 Å². The number of carbonyl (C=O) groups is 1. The summed E-state index contributed by atoms with van der Waals surface area (Å²) in [6, 6.07) is 4.27. The van der Waals surface area contributed by atoms with Crippen LogP contribution in [0.5, 0.6) is 0 Å². The first-order valence-electron chi connectivity index (χ1n) is 6.35. The van der Waals surface area contributed by atoms with Gasteiger partial charge in [-0.3, -0.25) is 4.79 Å². The van der Waals surface area contributed by atoms with Gasteiger partial charge in [-0.15, -0.1) is 0 Å². The van der Waals surface area contributed by atoms with Crippen molar-refractivity contribution < 1.29 is 19.0 Å². The molecule has 0 radical (unpaired) electrons. The Bertz CT molecular complexity index is 521. The maximum atomic E-state index is 13.8. The molecule has 1 atom stereocenters. The van der Waals surface area contributed by atoms with E-state index in [1.54, 1.807) is 6.07 Å². The predicted molar refractivity (Wildman–Crippen MR) is 76.0 cm³/mol. The molecule has 0 bridgehead atoms. The van der Waals surface area contributed by atoms with Crippen LogP contribution in [0.3, 0.4) is 0 Å². The van der Waals surface area contributed by atoms with Crippen LogP contribution in [0.25, 0.3) is 0 Å². The van der Waals surface area contributed by atoms with Gasteiger partial charge in [-0.05, 0) is 32.0 Å². The fourth-order valence-electron chi connectivity index (χ4n) is 2.38. The summed E-state index contributed by atoms with van der Waals surface area (Å²) in [6.07, 6.45) is -0.446. The highest BCUT2D eigenvalue weighted by Crippen LogP contribution is 2.24. The third-order valence-corrected chi connectivity index (χ3v) is 3.62. The SMILES string of the molecule is CC1(C)CN(C(=O)c2cc(Br)ccc2F)CC(CO)O1. The van der Waals surface area contributed by atoms with Crippen molar-refractivity contribution >= 4 is 21.8 Å². The van der Waals surface area contributed by atoms with E-state index in [0.29, 0.717) is 11.0 Å². The molecule has 1 N–H and O–H groups in total. The summed E-state index contributed by atoms with van der Waals surface area (Å²) in [6.45, 7) is 4.12. The third kappa shape index (κ3) is 3.37. The number of benzene rings is 1. The number of rotatable bonds is 2. The number of morpholine rings is 1. The molecular weight excluding hydrogens is 329 g/mol. The molecule has 1 aliphatic rings. The van der Waals surface area contributed by atoms with E-state index in [1.807, 2.05) is 13.8 Å². The van der Waals surface area contributed by atoms with Crippen LogP contribution in [-0.4, -0.2) is 47.3 Å². The third-order valence-electron chi connectivity index (χ3n) is 3.13. The summed E-state index contributed by atoms with van der Waals surface area (Å²) in [5.41, 5.74) is -0.544. The minimum atomic E-state index is -0.566. The van der Waals surface area contributed by atoms with E-state index < -0.39 is 23.4 Å². The number of hydrogen-bond donors (Lipinski definition) is 1. The molecule has 1 aromatic carbocycles. The maximum Gasteiger partial charge on any atom is 0.257 e. The van der Waals surface area contributed by atoms with E-state index in [2.05, 4.69) is 15.9 Å². The standard InChI is InChI=1S/C14H17BrFNO3/c1-14(2)8-17(6-10(7-18)20-14)13(19)11-5-9(15)3-4-12(11)16/h3-5,10,18H,6-8H2,1-2H3. The number of hydrogen-bond acceptors (Lipinski definition) is 3. The average molecular weight is 346 g/mol. The van der Waals surface area contributed by atoms with Crippen molar-refractivity contribution in [3.63, 3.8) is 0 Å². The van der Waals surface area contributed by atoms with Crippen molar-refractivity contribution in [2.75, 3.05) is 19.7 Å². The van der Waals surface area contributed by atoms with Crippen molar-refractivity contribution in [2.45, 2.75) is 25.6 Å². The summed E-state index contributed by atoms with van der Waals surface area (Å²) in [4.78, 5) is 14.0. The van der Waals surface area contributed by atoms with Crippen LogP contribution in [0, 0.1) is 5.82 Å². The fourth-order valence-corrected chi connectivity index (χ4v) is 2.74. The lowest BCUT2D eigenvalue weighted by molar-refractivity contribution is -0.139. The van der Waals surface area contributed by atoms with Gasteiger partial charge >= 0.3 is 0 Å². The first-order chi connectivity index (χ1) is 9.32. The first kappa shape index (κ1) is 15.4. The van der Waals surface area contributed by atoms with Gasteiger partial charge in [0.05, 0.1) is 23.9 Å². The monoisotopic (exact) mass is 345 g/mol. The summed E-state index contributed by atoms with van der Waals surface area (Å²) >= 11 is 3.23. The zero-order valence-electron chi connectivity index (χ0n) is 11.4. The number of carbonyl (C=O) groups excluding carboxylic acids is 1. The lowest BCUT2D eigenvalue weighted by atomic mass is 10.0. The smallest absolute Gasteiger partial charge is 0.257 e. The molecule has 20 heavy (non-hydrogen) atoms. The Kier molecular flexibility index (Phi) is 4.46. The summed E-state index contributed by atoms with van der Waals surface area (Å²) < 4.78 is 20.1. The molecule has 0 saturated carbocycles. The highest BCUT2D eigenvalue weighted by Gasteiger charge is 2.36. The Hall–Kier alpha value is -0.980. The number of halogens is 2. The van der Waals surface area contributed by atoms with Gasteiger partial charge in [0, 0.05) is 17.6 Å². The normalized spacial score (nSPS) is 21.9. The molecule has 2 rings (SSSR count). The number of nitrogens with zero attached hydrogens (tertiary/aromatic N) is 1. The average Bonchev–Trinajstić information content (AvgIpc) is 2.38. The van der Waals surface area contributed by atoms with E-state index >= 15 is 0 Å². The van der Waals surface area contributed by atoms with Crippen LogP contribution in [0.15, 0.2) is 22.7 Å². The van der Waals surface area contributed by atoms with Gasteiger partial charge in [-0.25, -0.2) is 4.39 Å². The highest BCUT2D eigenvalue weighted by molar-refractivity contribution is 9.10. The molecule has 1 heterocycles. The van der Waals surface area contributed by atoms with Crippen molar-refractivity contribution in [1.82, 2.24) is 4.90 Å². The molecule has 0 aliphatic carbocycles. The lowest BCUT2D eigenvalue weighted by Gasteiger charge is -2.42. The molecule has 110 valence electrons. The quantitative estimate of drug-likeness (QED) is 0.893. The van der Waals surface area contributed by atoms with E-state index in [-0.39, 0.29) is 18.7 Å². The molecule has 1 fully saturated rings. The first-order valence-corrected chi connectivity index (χ1v) is 7.15. The van der Waals surface area contributed by atoms with Crippen LogP contribution < -0.4 is 0 Å². The van der Waals surface area contributed by atoms with Gasteiger partial charge in [0.2, 0.25) is 0 Å². The van der Waals surface area contributed by atoms with Crippen LogP contribution in [0.1, 0.15) is 24.2 Å². The Morgan fingerprint density at radius 3 is 2.95 bits per heavy atom. The molecular formula is C14H17BrFNO3. The molecule has 1 aromatic rings. The molecule has 1 saturated heterocycles. The second-order valence-corrected chi connectivity index (χ2v) is 6.41. The largest absolute Gasteiger partial charge is 0.394 e. The topological polar surface area (TPSA) is 49.8 Å². The Labute approximate surface area is 125 Å². The molecule has 1 aliphatic heterocycles. The van der Waals surface area contributed by atoms with Gasteiger partial charge in [0.25, 0.3) is 5.91 Å². The minimum absolute atomic E-state index is 0.0220. The van der Waals surface area contributed by atoms with Crippen molar-refractivity contribution in [3.05, 3.63) is 34.1 Å². The second kappa shape index (κ2) is 5.79. The van der Waals surface area contributed by atoms with Crippen molar-refractivity contribution in [3.8, 4) is 0 Å². The van der Waals surface area contributed by atoms with E-state index in [0.717, 1.165) is 0 Å². The number of ether oxygens (including phenoxy) is 1. The molecule has 1 amide bonds. The maximum absolute atomic E-state index is 13.8. The minimum Gasteiger partial charge on any atom is -0.394 e. The van der Waals surface area contributed by atoms with Crippen LogP contribution in [0.4, 0.5) is 4.39 Å². The summed E-state index contributed by atoms with van der Waals surface area (Å²) in [7, 11) is 0. The van der Waals surface area contributed by atoms with Gasteiger partial charge in [0.1, 0.15) is 5.82 Å². The molecule has 6 heteroatoms. The summed E-state index contributed by atoms with van der Waals surface area (Å²) in [5, 5.41) is 9.25. The van der Waals surface area contributed by atoms with Crippen LogP contribution >= 0.6 is 15.9 Å². The van der Waals surface area contributed by atoms with Gasteiger partial charge in [0.15, 0.2) is 0 Å². The zero-order chi connectivity index (χ0) is 14.9. The van der Waals surface area contributed by atoms with Gasteiger partial charge in [-0.1, -0.05) is 15.9 Å². The number of amides is 1. The van der Waals surface area contributed by atoms with E-state index in [9.17, 15) is 14.3 Å². The predicted octanol–water partition coefficient (Wildman–Crippen LogP) is 2.20. The van der Waals surface area contributed by atoms with Gasteiger partial charge < -0.3 is 14.7 Å². The van der Waals surface area contributed by atoms with Crippen molar-refractivity contribution in [1.29, 1.82) is 0 Å². The summed E-state index contributed by atoms with van der Waals surface area (Å²) in [5.74, 6) is -0.943. The lowest BCUT2D eigenvalue weighted by Crippen LogP contribution is -2.55.